The predicted octanol–water partition coefficient (Wildman–Crippen LogP) is 1.14. The zero-order chi connectivity index (χ0) is 17.9. The molecule has 0 spiro atoms. The van der Waals surface area contributed by atoms with Crippen LogP contribution in [0.3, 0.4) is 0 Å². The molecular weight excluding hydrogens is 338 g/mol. The molecule has 3 aromatic rings. The van der Waals surface area contributed by atoms with Crippen LogP contribution in [0.4, 0.5) is 11.4 Å². The van der Waals surface area contributed by atoms with Gasteiger partial charge in [-0.2, -0.15) is 0 Å². The predicted molar refractivity (Wildman–Crippen MR) is 91.7 cm³/mol. The van der Waals surface area contributed by atoms with E-state index >= 15 is 0 Å². The maximum atomic E-state index is 10.7. The van der Waals surface area contributed by atoms with Crippen LogP contribution in [0.15, 0.2) is 51.5 Å². The Balaban J connectivity index is 1.33. The van der Waals surface area contributed by atoms with Crippen LogP contribution in [-0.2, 0) is 6.54 Å². The molecule has 9 heteroatoms. The molecule has 0 bridgehead atoms. The third-order valence-electron chi connectivity index (χ3n) is 4.50. The molecule has 1 fully saturated rings. The number of aromatic nitrogens is 2. The van der Waals surface area contributed by atoms with Gasteiger partial charge >= 0.3 is 0 Å². The molecule has 3 heterocycles. The highest BCUT2D eigenvalue weighted by molar-refractivity contribution is 5.51. The van der Waals surface area contributed by atoms with Crippen LogP contribution in [0.2, 0.25) is 0 Å². The van der Waals surface area contributed by atoms with Gasteiger partial charge in [-0.25, -0.2) is 0 Å². The summed E-state index contributed by atoms with van der Waals surface area (Å²) in [5.74, 6) is 1.56. The fourth-order valence-electron chi connectivity index (χ4n) is 3.08. The van der Waals surface area contributed by atoms with Crippen LogP contribution in [0.5, 0.6) is 0 Å². The van der Waals surface area contributed by atoms with E-state index in [1.807, 2.05) is 0 Å². The van der Waals surface area contributed by atoms with Crippen molar-refractivity contribution in [3.63, 3.8) is 0 Å². The number of piperazine rings is 1. The molecule has 1 saturated heterocycles. The number of anilines is 1. The summed E-state index contributed by atoms with van der Waals surface area (Å²) in [6, 6.07) is 10.3. The number of nitrogens with one attached hydrogen (secondary N) is 1. The van der Waals surface area contributed by atoms with E-state index in [4.69, 9.17) is 8.83 Å². The van der Waals surface area contributed by atoms with E-state index in [1.165, 1.54) is 4.90 Å². The molecule has 2 aromatic heterocycles. The van der Waals surface area contributed by atoms with Gasteiger partial charge in [0.25, 0.3) is 17.5 Å². The van der Waals surface area contributed by atoms with Crippen molar-refractivity contribution in [1.29, 1.82) is 0 Å². The first kappa shape index (κ1) is 16.3. The van der Waals surface area contributed by atoms with E-state index in [1.54, 1.807) is 42.7 Å². The third kappa shape index (κ3) is 3.42. The van der Waals surface area contributed by atoms with Crippen molar-refractivity contribution < 1.29 is 18.7 Å². The lowest BCUT2D eigenvalue weighted by atomic mass is 10.2. The first-order chi connectivity index (χ1) is 12.7. The number of nitrogens with zero attached hydrogens (tertiary/aromatic N) is 4. The van der Waals surface area contributed by atoms with Crippen molar-refractivity contribution in [3.8, 4) is 11.7 Å². The Kier molecular flexibility index (Phi) is 4.36. The van der Waals surface area contributed by atoms with Crippen LogP contribution in [-0.4, -0.2) is 41.3 Å². The van der Waals surface area contributed by atoms with E-state index in [9.17, 15) is 10.1 Å². The minimum Gasteiger partial charge on any atom is -0.459 e. The molecule has 0 amide bonds. The maximum absolute atomic E-state index is 10.7. The summed E-state index contributed by atoms with van der Waals surface area (Å²) in [6.45, 7) is 4.26. The quantitative estimate of drug-likeness (QED) is 0.540. The number of hydrogen-bond donors (Lipinski definition) is 1. The minimum atomic E-state index is -0.382. The van der Waals surface area contributed by atoms with Crippen LogP contribution in [0.1, 0.15) is 5.89 Å². The fraction of sp³-hybridized carbons (Fsp3) is 0.294. The summed E-state index contributed by atoms with van der Waals surface area (Å²) >= 11 is 0. The number of furan rings is 1. The van der Waals surface area contributed by atoms with E-state index in [-0.39, 0.29) is 10.6 Å². The molecule has 0 unspecified atom stereocenters. The summed E-state index contributed by atoms with van der Waals surface area (Å²) in [5.41, 5.74) is 1.12. The van der Waals surface area contributed by atoms with Crippen LogP contribution in [0.25, 0.3) is 11.7 Å². The van der Waals surface area contributed by atoms with E-state index in [0.717, 1.165) is 31.9 Å². The zero-order valence-electron chi connectivity index (χ0n) is 14.0. The molecule has 1 aliphatic rings. The average molecular weight is 356 g/mol. The molecule has 9 nitrogen and oxygen atoms in total. The molecule has 0 atom stereocenters. The molecule has 1 N–H and O–H groups in total. The first-order valence-electron chi connectivity index (χ1n) is 8.38. The van der Waals surface area contributed by atoms with Crippen LogP contribution in [0, 0.1) is 10.1 Å². The Morgan fingerprint density at radius 1 is 1.15 bits per heavy atom. The fourth-order valence-corrected chi connectivity index (χ4v) is 3.08. The van der Waals surface area contributed by atoms with Crippen molar-refractivity contribution >= 4 is 11.4 Å². The van der Waals surface area contributed by atoms with Crippen molar-refractivity contribution in [3.05, 3.63) is 58.7 Å². The second-order valence-corrected chi connectivity index (χ2v) is 6.17. The number of non-ortho nitro benzene ring substituents is 1. The smallest absolute Gasteiger partial charge is 0.283 e. The number of nitro benzene ring substituents is 1. The molecular formula is C17H18N5O4+. The zero-order valence-corrected chi connectivity index (χ0v) is 14.0. The highest BCUT2D eigenvalue weighted by Crippen LogP contribution is 2.19. The summed E-state index contributed by atoms with van der Waals surface area (Å²) in [7, 11) is 0. The minimum absolute atomic E-state index is 0.113. The van der Waals surface area contributed by atoms with Crippen molar-refractivity contribution in [2.45, 2.75) is 6.54 Å². The van der Waals surface area contributed by atoms with Gasteiger partial charge in [0.2, 0.25) is 0 Å². The molecule has 0 radical (unpaired) electrons. The van der Waals surface area contributed by atoms with Gasteiger partial charge in [-0.3, -0.25) is 10.1 Å². The SMILES string of the molecule is O=[N+]([O-])c1ccc(N2CC[NH+](Cc3nnc(-c4ccco4)o3)CC2)cc1. The second kappa shape index (κ2) is 6.96. The van der Waals surface area contributed by atoms with E-state index in [0.29, 0.717) is 24.1 Å². The Labute approximate surface area is 149 Å². The number of hydrogen-bond acceptors (Lipinski definition) is 7. The van der Waals surface area contributed by atoms with Gasteiger partial charge in [0.15, 0.2) is 12.3 Å². The van der Waals surface area contributed by atoms with Crippen molar-refractivity contribution in [2.24, 2.45) is 0 Å². The summed E-state index contributed by atoms with van der Waals surface area (Å²) in [5, 5.41) is 18.9. The van der Waals surface area contributed by atoms with Gasteiger partial charge in [0.05, 0.1) is 37.4 Å². The Morgan fingerprint density at radius 3 is 2.58 bits per heavy atom. The van der Waals surface area contributed by atoms with Crippen molar-refractivity contribution in [1.82, 2.24) is 10.2 Å². The first-order valence-corrected chi connectivity index (χ1v) is 8.38. The number of benzene rings is 1. The molecule has 134 valence electrons. The number of nitro groups is 1. The van der Waals surface area contributed by atoms with Crippen LogP contribution < -0.4 is 9.80 Å². The number of quaternary nitrogens is 1. The second-order valence-electron chi connectivity index (χ2n) is 6.17. The normalized spacial score (nSPS) is 15.3. The van der Waals surface area contributed by atoms with Gasteiger partial charge in [-0.1, -0.05) is 0 Å². The van der Waals surface area contributed by atoms with Crippen molar-refractivity contribution in [2.75, 3.05) is 31.1 Å². The highest BCUT2D eigenvalue weighted by atomic mass is 16.6. The lowest BCUT2D eigenvalue weighted by Gasteiger charge is -2.33. The van der Waals surface area contributed by atoms with Gasteiger partial charge < -0.3 is 18.6 Å². The summed E-state index contributed by atoms with van der Waals surface area (Å²) < 4.78 is 10.9. The topological polar surface area (TPSA) is 103 Å². The van der Waals surface area contributed by atoms with Gasteiger partial charge in [-0.05, 0) is 24.3 Å². The van der Waals surface area contributed by atoms with E-state index in [2.05, 4.69) is 15.1 Å². The Bertz CT molecular complexity index is 867. The highest BCUT2D eigenvalue weighted by Gasteiger charge is 2.23. The lowest BCUT2D eigenvalue weighted by molar-refractivity contribution is -0.915. The Hall–Kier alpha value is -3.20. The lowest BCUT2D eigenvalue weighted by Crippen LogP contribution is -3.13. The summed E-state index contributed by atoms with van der Waals surface area (Å²) in [4.78, 5) is 14.0. The molecule has 1 aromatic carbocycles. The van der Waals surface area contributed by atoms with Crippen LogP contribution >= 0.6 is 0 Å². The molecule has 0 aliphatic carbocycles. The van der Waals surface area contributed by atoms with E-state index < -0.39 is 0 Å². The standard InChI is InChI=1S/C17H17N5O4/c23-22(24)14-5-3-13(4-6-14)21-9-7-20(8-10-21)12-16-18-19-17(26-16)15-2-1-11-25-15/h1-6,11H,7-10,12H2/p+1. The number of rotatable bonds is 5. The third-order valence-corrected chi connectivity index (χ3v) is 4.50. The average Bonchev–Trinajstić information content (AvgIpc) is 3.34. The largest absolute Gasteiger partial charge is 0.459 e. The molecule has 4 rings (SSSR count). The maximum Gasteiger partial charge on any atom is 0.283 e. The van der Waals surface area contributed by atoms with Gasteiger partial charge in [-0.15, -0.1) is 10.2 Å². The molecule has 0 saturated carbocycles. The molecule has 1 aliphatic heterocycles. The monoisotopic (exact) mass is 356 g/mol. The Morgan fingerprint density at radius 2 is 1.92 bits per heavy atom. The van der Waals surface area contributed by atoms with Gasteiger partial charge in [0, 0.05) is 17.8 Å². The van der Waals surface area contributed by atoms with Gasteiger partial charge in [0.1, 0.15) is 0 Å². The summed E-state index contributed by atoms with van der Waals surface area (Å²) in [6.07, 6.45) is 1.57. The molecule has 26 heavy (non-hydrogen) atoms.